The van der Waals surface area contributed by atoms with Crippen LogP contribution in [0.15, 0.2) is 0 Å². The van der Waals surface area contributed by atoms with Gasteiger partial charge in [0, 0.05) is 22.0 Å². The first kappa shape index (κ1) is 24.8. The van der Waals surface area contributed by atoms with Crippen molar-refractivity contribution in [3.8, 4) is 0 Å². The second-order valence-electron chi connectivity index (χ2n) is 2.59. The van der Waals surface area contributed by atoms with Gasteiger partial charge in [-0.25, -0.2) is 0 Å². The van der Waals surface area contributed by atoms with Gasteiger partial charge in [-0.2, -0.15) is 0 Å². The predicted molar refractivity (Wildman–Crippen MR) is 84.8 cm³/mol. The molecule has 0 aliphatic heterocycles. The van der Waals surface area contributed by atoms with Crippen molar-refractivity contribution in [2.45, 2.75) is 13.8 Å². The molecule has 0 rings (SSSR count). The SMILES string of the molecule is CCOCCOC(=S)[S-].CCOCCOC(=S)[S-].[Pt+2]. The van der Waals surface area contributed by atoms with Crippen LogP contribution >= 0.6 is 24.4 Å². The standard InChI is InChI=1S/2C5H10O2S2.Pt/c2*1-2-6-3-4-7-5(8)9;/h2*2-4H2,1H3,(H,8,9);/q;;+2/p-2. The van der Waals surface area contributed by atoms with Crippen LogP contribution in [-0.2, 0) is 65.3 Å². The summed E-state index contributed by atoms with van der Waals surface area (Å²) < 4.78 is 19.8. The van der Waals surface area contributed by atoms with Crippen molar-refractivity contribution in [2.24, 2.45) is 0 Å². The summed E-state index contributed by atoms with van der Waals surface area (Å²) in [5, 5.41) is 0. The Kier molecular flexibility index (Phi) is 27.6. The molecule has 4 nitrogen and oxygen atoms in total. The van der Waals surface area contributed by atoms with Crippen molar-refractivity contribution in [1.82, 2.24) is 0 Å². The molecule has 19 heavy (non-hydrogen) atoms. The van der Waals surface area contributed by atoms with Crippen molar-refractivity contribution in [3.05, 3.63) is 0 Å². The molecule has 9 heteroatoms. The maximum Gasteiger partial charge on any atom is 2.00 e. The molecule has 0 saturated heterocycles. The van der Waals surface area contributed by atoms with E-state index < -0.39 is 0 Å². The first-order chi connectivity index (χ1) is 8.54. The molecule has 0 amide bonds. The smallest absolute Gasteiger partial charge is 0.511 e. The zero-order chi connectivity index (χ0) is 14.2. The van der Waals surface area contributed by atoms with Crippen molar-refractivity contribution in [3.63, 3.8) is 0 Å². The van der Waals surface area contributed by atoms with E-state index in [1.54, 1.807) is 0 Å². The molecule has 0 N–H and O–H groups in total. The normalized spacial score (nSPS) is 8.53. The quantitative estimate of drug-likeness (QED) is 0.270. The summed E-state index contributed by atoms with van der Waals surface area (Å²) in [6, 6.07) is 0. The first-order valence-electron chi connectivity index (χ1n) is 5.37. The fourth-order valence-electron chi connectivity index (χ4n) is 0.657. The van der Waals surface area contributed by atoms with Crippen LogP contribution in [0.25, 0.3) is 0 Å². The van der Waals surface area contributed by atoms with E-state index in [1.807, 2.05) is 13.8 Å². The van der Waals surface area contributed by atoms with Gasteiger partial charge in [0.15, 0.2) is 0 Å². The zero-order valence-electron chi connectivity index (χ0n) is 10.8. The van der Waals surface area contributed by atoms with Gasteiger partial charge >= 0.3 is 21.1 Å². The minimum atomic E-state index is 0. The van der Waals surface area contributed by atoms with Crippen LogP contribution in [0.3, 0.4) is 0 Å². The molecular formula is C10H18O4PtS4. The van der Waals surface area contributed by atoms with Gasteiger partial charge in [0.25, 0.3) is 0 Å². The first-order valence-corrected chi connectivity index (χ1v) is 7.00. The fourth-order valence-corrected chi connectivity index (χ4v) is 0.990. The van der Waals surface area contributed by atoms with E-state index in [-0.39, 0.29) is 29.8 Å². The van der Waals surface area contributed by atoms with Crippen LogP contribution in [-0.4, -0.2) is 48.4 Å². The predicted octanol–water partition coefficient (Wildman–Crippen LogP) is 1.74. The molecule has 0 aliphatic rings. The van der Waals surface area contributed by atoms with Gasteiger partial charge in [-0.05, 0) is 13.8 Å². The Balaban J connectivity index is -0.000000256. The van der Waals surface area contributed by atoms with E-state index in [1.165, 1.54) is 0 Å². The van der Waals surface area contributed by atoms with Gasteiger partial charge in [-0.1, -0.05) is 0 Å². The summed E-state index contributed by atoms with van der Waals surface area (Å²) in [5.41, 5.74) is 0. The minimum Gasteiger partial charge on any atom is -0.511 e. The van der Waals surface area contributed by atoms with E-state index in [9.17, 15) is 0 Å². The monoisotopic (exact) mass is 525 g/mol. The molecule has 116 valence electrons. The Labute approximate surface area is 151 Å². The summed E-state index contributed by atoms with van der Waals surface area (Å²) >= 11 is 17.9. The van der Waals surface area contributed by atoms with Crippen LogP contribution < -0.4 is 0 Å². The van der Waals surface area contributed by atoms with Crippen LogP contribution in [0.4, 0.5) is 0 Å². The van der Waals surface area contributed by atoms with E-state index in [4.69, 9.17) is 18.9 Å². The summed E-state index contributed by atoms with van der Waals surface area (Å²) in [6.45, 7) is 7.31. The third-order valence-electron chi connectivity index (χ3n) is 1.30. The maximum atomic E-state index is 4.95. The minimum absolute atomic E-state index is 0. The average molecular weight is 526 g/mol. The second kappa shape index (κ2) is 21.1. The van der Waals surface area contributed by atoms with Gasteiger partial charge in [0.1, 0.15) is 13.2 Å². The van der Waals surface area contributed by atoms with Crippen molar-refractivity contribution in [1.29, 1.82) is 0 Å². The number of ether oxygens (including phenoxy) is 4. The maximum absolute atomic E-state index is 4.95. The largest absolute Gasteiger partial charge is 2.00 e. The summed E-state index contributed by atoms with van der Waals surface area (Å²) in [6.07, 6.45) is 0. The Morgan fingerprint density at radius 2 is 1.11 bits per heavy atom. The Morgan fingerprint density at radius 3 is 1.32 bits per heavy atom. The Morgan fingerprint density at radius 1 is 0.789 bits per heavy atom. The molecule has 0 aliphatic carbocycles. The van der Waals surface area contributed by atoms with Crippen LogP contribution in [0.1, 0.15) is 13.8 Å². The average Bonchev–Trinajstić information content (AvgIpc) is 2.31. The van der Waals surface area contributed by atoms with E-state index in [0.29, 0.717) is 39.6 Å². The van der Waals surface area contributed by atoms with Gasteiger partial charge in [0.05, 0.1) is 13.2 Å². The van der Waals surface area contributed by atoms with Gasteiger partial charge in [-0.15, -0.1) is 0 Å². The molecule has 0 saturated carbocycles. The molecule has 0 unspecified atom stereocenters. The molecule has 0 spiro atoms. The summed E-state index contributed by atoms with van der Waals surface area (Å²) in [5.74, 6) is 0. The Bertz CT molecular complexity index is 198. The van der Waals surface area contributed by atoms with Gasteiger partial charge in [-0.3, -0.25) is 0 Å². The number of thiocarbonyl (C=S) groups is 2. The van der Waals surface area contributed by atoms with Crippen molar-refractivity contribution in [2.75, 3.05) is 39.6 Å². The van der Waals surface area contributed by atoms with E-state index >= 15 is 0 Å². The number of rotatable bonds is 8. The second-order valence-corrected chi connectivity index (χ2v) is 4.59. The van der Waals surface area contributed by atoms with Crippen LogP contribution in [0.2, 0.25) is 0 Å². The van der Waals surface area contributed by atoms with Gasteiger partial charge < -0.3 is 68.6 Å². The molecule has 0 aromatic heterocycles. The van der Waals surface area contributed by atoms with Crippen molar-refractivity contribution < 1.29 is 40.0 Å². The number of hydrogen-bond donors (Lipinski definition) is 0. The third-order valence-corrected chi connectivity index (χ3v) is 1.77. The van der Waals surface area contributed by atoms with E-state index in [2.05, 4.69) is 49.7 Å². The number of hydrogen-bond acceptors (Lipinski definition) is 8. The molecule has 0 radical (unpaired) electrons. The summed E-state index contributed by atoms with van der Waals surface area (Å²) in [4.78, 5) is 0. The van der Waals surface area contributed by atoms with Crippen molar-refractivity contribution >= 4 is 58.5 Å². The van der Waals surface area contributed by atoms with E-state index in [0.717, 1.165) is 0 Å². The summed E-state index contributed by atoms with van der Waals surface area (Å²) in [7, 11) is 0. The molecule has 0 bridgehead atoms. The molecule has 0 aromatic carbocycles. The van der Waals surface area contributed by atoms with Crippen LogP contribution in [0.5, 0.6) is 0 Å². The Hall–Kier alpha value is 0.828. The molecule has 0 fully saturated rings. The molecule has 0 atom stereocenters. The fraction of sp³-hybridized carbons (Fsp3) is 0.800. The molecule has 0 heterocycles. The van der Waals surface area contributed by atoms with Gasteiger partial charge in [0.2, 0.25) is 0 Å². The van der Waals surface area contributed by atoms with Crippen LogP contribution in [0, 0.1) is 0 Å². The molecular weight excluding hydrogens is 507 g/mol. The molecule has 0 aromatic rings. The zero-order valence-corrected chi connectivity index (χ0v) is 16.4. The topological polar surface area (TPSA) is 36.9 Å². The third kappa shape index (κ3) is 32.4.